The molecule has 0 radical (unpaired) electrons. The van der Waals surface area contributed by atoms with Gasteiger partial charge in [-0.1, -0.05) is 12.2 Å². The van der Waals surface area contributed by atoms with Crippen molar-refractivity contribution in [2.45, 2.75) is 57.4 Å². The van der Waals surface area contributed by atoms with Gasteiger partial charge in [0.05, 0.1) is 0 Å². The molecule has 0 unspecified atom stereocenters. The van der Waals surface area contributed by atoms with E-state index < -0.39 is 0 Å². The van der Waals surface area contributed by atoms with Gasteiger partial charge < -0.3 is 10.5 Å². The third-order valence-corrected chi connectivity index (χ3v) is 4.62. The standard InChI is InChI=1S/C16H23NO/c1-12-11-14(9-8-13(2)18)16(17)10-6-4-3-5-7-15(12)16/h14-15H,1,5-11,17H2,2H3/t14-,15-,16+/m0/s1. The number of ketones is 1. The second-order valence-corrected chi connectivity index (χ2v) is 5.86. The highest BCUT2D eigenvalue weighted by Crippen LogP contribution is 2.48. The van der Waals surface area contributed by atoms with Crippen LogP contribution >= 0.6 is 0 Å². The fourth-order valence-electron chi connectivity index (χ4n) is 3.59. The summed E-state index contributed by atoms with van der Waals surface area (Å²) in [4.78, 5) is 11.2. The quantitative estimate of drug-likeness (QED) is 0.613. The van der Waals surface area contributed by atoms with Crippen molar-refractivity contribution in [1.82, 2.24) is 0 Å². The van der Waals surface area contributed by atoms with Crippen LogP contribution in [0.4, 0.5) is 0 Å². The molecule has 1 fully saturated rings. The van der Waals surface area contributed by atoms with E-state index in [1.54, 1.807) is 6.92 Å². The maximum atomic E-state index is 11.2. The Labute approximate surface area is 110 Å². The van der Waals surface area contributed by atoms with E-state index in [4.69, 9.17) is 5.73 Å². The summed E-state index contributed by atoms with van der Waals surface area (Å²) in [6.45, 7) is 5.88. The van der Waals surface area contributed by atoms with Crippen LogP contribution in [0.25, 0.3) is 0 Å². The van der Waals surface area contributed by atoms with Crippen molar-refractivity contribution in [3.8, 4) is 11.8 Å². The summed E-state index contributed by atoms with van der Waals surface area (Å²) in [7, 11) is 0. The molecular weight excluding hydrogens is 222 g/mol. The van der Waals surface area contributed by atoms with Crippen LogP contribution in [0.15, 0.2) is 12.2 Å². The van der Waals surface area contributed by atoms with E-state index in [0.29, 0.717) is 18.3 Å². The Morgan fingerprint density at radius 1 is 1.50 bits per heavy atom. The van der Waals surface area contributed by atoms with Crippen LogP contribution in [0.3, 0.4) is 0 Å². The van der Waals surface area contributed by atoms with Crippen molar-refractivity contribution < 1.29 is 4.79 Å². The van der Waals surface area contributed by atoms with Gasteiger partial charge in [-0.25, -0.2) is 0 Å². The molecule has 2 heteroatoms. The van der Waals surface area contributed by atoms with Crippen molar-refractivity contribution >= 4 is 5.78 Å². The van der Waals surface area contributed by atoms with E-state index in [9.17, 15) is 4.79 Å². The van der Waals surface area contributed by atoms with Gasteiger partial charge in [-0.2, -0.15) is 0 Å². The van der Waals surface area contributed by atoms with Gasteiger partial charge in [-0.3, -0.25) is 0 Å². The average Bonchev–Trinajstić information content (AvgIpc) is 2.50. The SMILES string of the molecule is C=C1C[C@H](CCC(C)=O)[C@]2(N)CCC#CCC[C@@H]12. The van der Waals surface area contributed by atoms with E-state index >= 15 is 0 Å². The molecule has 18 heavy (non-hydrogen) atoms. The van der Waals surface area contributed by atoms with Crippen LogP contribution in [-0.2, 0) is 4.79 Å². The molecule has 2 N–H and O–H groups in total. The lowest BCUT2D eigenvalue weighted by molar-refractivity contribution is -0.117. The Morgan fingerprint density at radius 3 is 2.94 bits per heavy atom. The lowest BCUT2D eigenvalue weighted by atomic mass is 9.73. The maximum Gasteiger partial charge on any atom is 0.129 e. The Bertz CT molecular complexity index is 415. The Hall–Kier alpha value is -1.07. The molecule has 0 spiro atoms. The summed E-state index contributed by atoms with van der Waals surface area (Å²) < 4.78 is 0. The molecule has 98 valence electrons. The Morgan fingerprint density at radius 2 is 2.22 bits per heavy atom. The van der Waals surface area contributed by atoms with Crippen molar-refractivity contribution in [2.24, 2.45) is 17.6 Å². The van der Waals surface area contributed by atoms with Crippen LogP contribution in [-0.4, -0.2) is 11.3 Å². The minimum atomic E-state index is -0.165. The molecule has 0 bridgehead atoms. The van der Waals surface area contributed by atoms with E-state index in [-0.39, 0.29) is 11.3 Å². The molecule has 0 saturated heterocycles. The van der Waals surface area contributed by atoms with Crippen molar-refractivity contribution in [3.05, 3.63) is 12.2 Å². The molecular formula is C16H23NO. The van der Waals surface area contributed by atoms with Gasteiger partial charge in [0.15, 0.2) is 0 Å². The van der Waals surface area contributed by atoms with Gasteiger partial charge in [-0.05, 0) is 44.4 Å². The Kier molecular flexibility index (Phi) is 3.92. The van der Waals surface area contributed by atoms with Crippen molar-refractivity contribution in [1.29, 1.82) is 0 Å². The molecule has 2 aliphatic carbocycles. The first-order valence-electron chi connectivity index (χ1n) is 6.95. The molecule has 2 rings (SSSR count). The van der Waals surface area contributed by atoms with Crippen LogP contribution in [0.5, 0.6) is 0 Å². The molecule has 0 amide bonds. The summed E-state index contributed by atoms with van der Waals surface area (Å²) in [5.41, 5.74) is 7.84. The highest BCUT2D eigenvalue weighted by atomic mass is 16.1. The molecule has 3 atom stereocenters. The number of fused-ring (bicyclic) bond motifs is 1. The van der Waals surface area contributed by atoms with Crippen LogP contribution in [0.2, 0.25) is 0 Å². The molecule has 0 aliphatic heterocycles. The molecule has 0 aromatic heterocycles. The minimum Gasteiger partial charge on any atom is -0.324 e. The summed E-state index contributed by atoms with van der Waals surface area (Å²) >= 11 is 0. The predicted octanol–water partition coefficient (Wildman–Crippen LogP) is 2.82. The second kappa shape index (κ2) is 5.28. The lowest BCUT2D eigenvalue weighted by Crippen LogP contribution is -2.49. The first kappa shape index (κ1) is 13.4. The van der Waals surface area contributed by atoms with Gasteiger partial charge in [0.1, 0.15) is 5.78 Å². The zero-order chi connectivity index (χ0) is 13.2. The smallest absolute Gasteiger partial charge is 0.129 e. The topological polar surface area (TPSA) is 43.1 Å². The number of Topliss-reactive ketones (excluding diaryl/α,β-unsaturated/α-hetero) is 1. The third-order valence-electron chi connectivity index (χ3n) is 4.62. The molecule has 1 saturated carbocycles. The number of rotatable bonds is 3. The highest BCUT2D eigenvalue weighted by Gasteiger charge is 2.48. The highest BCUT2D eigenvalue weighted by molar-refractivity contribution is 5.75. The van der Waals surface area contributed by atoms with E-state index in [0.717, 1.165) is 38.5 Å². The van der Waals surface area contributed by atoms with Crippen LogP contribution in [0.1, 0.15) is 51.9 Å². The van der Waals surface area contributed by atoms with Crippen LogP contribution in [0, 0.1) is 23.7 Å². The number of nitrogens with two attached hydrogens (primary N) is 1. The molecule has 0 heterocycles. The largest absolute Gasteiger partial charge is 0.324 e. The summed E-state index contributed by atoms with van der Waals surface area (Å²) in [6.07, 6.45) is 6.36. The average molecular weight is 245 g/mol. The molecule has 0 aromatic carbocycles. The summed E-state index contributed by atoms with van der Waals surface area (Å²) in [5, 5.41) is 0. The van der Waals surface area contributed by atoms with E-state index in [2.05, 4.69) is 18.4 Å². The summed E-state index contributed by atoms with van der Waals surface area (Å²) in [5.74, 6) is 7.49. The normalized spacial score (nSPS) is 35.1. The lowest BCUT2D eigenvalue weighted by Gasteiger charge is -2.37. The number of hydrogen-bond acceptors (Lipinski definition) is 2. The van der Waals surface area contributed by atoms with Gasteiger partial charge in [0.25, 0.3) is 0 Å². The molecule has 0 aromatic rings. The van der Waals surface area contributed by atoms with Gasteiger partial charge >= 0.3 is 0 Å². The van der Waals surface area contributed by atoms with Gasteiger partial charge in [0.2, 0.25) is 0 Å². The zero-order valence-electron chi connectivity index (χ0n) is 11.3. The van der Waals surface area contributed by atoms with Crippen molar-refractivity contribution in [3.63, 3.8) is 0 Å². The third kappa shape index (κ3) is 2.52. The monoisotopic (exact) mass is 245 g/mol. The predicted molar refractivity (Wildman–Crippen MR) is 73.8 cm³/mol. The fraction of sp³-hybridized carbons (Fsp3) is 0.688. The minimum absolute atomic E-state index is 0.165. The van der Waals surface area contributed by atoms with Gasteiger partial charge in [-0.15, -0.1) is 11.8 Å². The van der Waals surface area contributed by atoms with E-state index in [1.165, 1.54) is 5.57 Å². The number of carbonyl (C=O) groups is 1. The zero-order valence-corrected chi connectivity index (χ0v) is 11.3. The second-order valence-electron chi connectivity index (χ2n) is 5.86. The fourth-order valence-corrected chi connectivity index (χ4v) is 3.59. The number of carbonyl (C=O) groups excluding carboxylic acids is 1. The maximum absolute atomic E-state index is 11.2. The van der Waals surface area contributed by atoms with Gasteiger partial charge in [0, 0.05) is 24.8 Å². The molecule has 2 nitrogen and oxygen atoms in total. The van der Waals surface area contributed by atoms with E-state index in [1.807, 2.05) is 0 Å². The Balaban J connectivity index is 2.15. The number of hydrogen-bond donors (Lipinski definition) is 1. The first-order chi connectivity index (χ1) is 8.54. The van der Waals surface area contributed by atoms with Crippen LogP contribution < -0.4 is 5.73 Å². The molecule has 2 aliphatic rings. The first-order valence-corrected chi connectivity index (χ1v) is 6.95. The summed E-state index contributed by atoms with van der Waals surface area (Å²) in [6, 6.07) is 0. The van der Waals surface area contributed by atoms with Crippen molar-refractivity contribution in [2.75, 3.05) is 0 Å².